The summed E-state index contributed by atoms with van der Waals surface area (Å²) in [6, 6.07) is 3.98. The van der Waals surface area contributed by atoms with Gasteiger partial charge in [-0.05, 0) is 51.1 Å². The van der Waals surface area contributed by atoms with Crippen molar-refractivity contribution in [3.63, 3.8) is 0 Å². The molecule has 6 nitrogen and oxygen atoms in total. The van der Waals surface area contributed by atoms with Crippen molar-refractivity contribution in [3.05, 3.63) is 35.0 Å². The minimum Gasteiger partial charge on any atom is -0.373 e. The SMILES string of the molecule is CN(C)CC1CN(c2nc(-c3cccnc3)nc3sc4c(c23)CCC4)CCO1. The zero-order valence-corrected chi connectivity index (χ0v) is 17.2. The van der Waals surface area contributed by atoms with Gasteiger partial charge in [0.1, 0.15) is 10.6 Å². The van der Waals surface area contributed by atoms with Crippen molar-refractivity contribution in [3.8, 4) is 11.4 Å². The molecule has 0 bridgehead atoms. The van der Waals surface area contributed by atoms with Crippen LogP contribution in [-0.4, -0.2) is 66.3 Å². The second kappa shape index (κ2) is 7.39. The number of hydrogen-bond donors (Lipinski definition) is 0. The molecule has 1 aliphatic heterocycles. The first kappa shape index (κ1) is 18.0. The van der Waals surface area contributed by atoms with E-state index in [0.29, 0.717) is 0 Å². The molecule has 1 atom stereocenters. The van der Waals surface area contributed by atoms with E-state index in [9.17, 15) is 0 Å². The molecule has 0 N–H and O–H groups in total. The van der Waals surface area contributed by atoms with Gasteiger partial charge in [0.05, 0.1) is 18.1 Å². The lowest BCUT2D eigenvalue weighted by Crippen LogP contribution is -2.47. The van der Waals surface area contributed by atoms with Crippen molar-refractivity contribution in [1.82, 2.24) is 19.9 Å². The minimum absolute atomic E-state index is 0.197. The Bertz CT molecular complexity index is 987. The topological polar surface area (TPSA) is 54.4 Å². The second-order valence-electron chi connectivity index (χ2n) is 7.85. The first-order valence-corrected chi connectivity index (χ1v) is 10.7. The Labute approximate surface area is 169 Å². The Balaban J connectivity index is 1.61. The summed E-state index contributed by atoms with van der Waals surface area (Å²) >= 11 is 1.85. The molecule has 0 radical (unpaired) electrons. The Kier molecular flexibility index (Phi) is 4.74. The fraction of sp³-hybridized carbons (Fsp3) is 0.476. The van der Waals surface area contributed by atoms with Gasteiger partial charge in [0.2, 0.25) is 0 Å². The number of morpholine rings is 1. The molecular weight excluding hydrogens is 370 g/mol. The van der Waals surface area contributed by atoms with E-state index in [-0.39, 0.29) is 6.10 Å². The number of thiophene rings is 1. The van der Waals surface area contributed by atoms with Crippen LogP contribution in [0.1, 0.15) is 16.9 Å². The summed E-state index contributed by atoms with van der Waals surface area (Å²) in [7, 11) is 4.19. The molecule has 0 aromatic carbocycles. The number of rotatable bonds is 4. The highest BCUT2D eigenvalue weighted by Gasteiger charge is 2.28. The van der Waals surface area contributed by atoms with Crippen molar-refractivity contribution in [1.29, 1.82) is 0 Å². The Morgan fingerprint density at radius 1 is 1.29 bits per heavy atom. The number of aromatic nitrogens is 3. The van der Waals surface area contributed by atoms with Crippen molar-refractivity contribution in [2.75, 3.05) is 45.2 Å². The summed E-state index contributed by atoms with van der Waals surface area (Å²) in [4.78, 5) is 21.5. The average Bonchev–Trinajstić information content (AvgIpc) is 3.28. The van der Waals surface area contributed by atoms with Crippen LogP contribution in [0, 0.1) is 0 Å². The van der Waals surface area contributed by atoms with E-state index in [1.807, 2.05) is 29.7 Å². The maximum atomic E-state index is 6.01. The first-order valence-electron chi connectivity index (χ1n) is 9.93. The van der Waals surface area contributed by atoms with Crippen LogP contribution in [0.15, 0.2) is 24.5 Å². The molecule has 0 amide bonds. The molecule has 0 saturated carbocycles. The van der Waals surface area contributed by atoms with E-state index in [1.165, 1.54) is 28.7 Å². The summed E-state index contributed by atoms with van der Waals surface area (Å²) < 4.78 is 6.01. The third-order valence-electron chi connectivity index (χ3n) is 5.47. The highest BCUT2D eigenvalue weighted by atomic mass is 32.1. The van der Waals surface area contributed by atoms with Crippen molar-refractivity contribution in [2.45, 2.75) is 25.4 Å². The number of nitrogens with zero attached hydrogens (tertiary/aromatic N) is 5. The van der Waals surface area contributed by atoms with E-state index >= 15 is 0 Å². The first-order chi connectivity index (χ1) is 13.7. The summed E-state index contributed by atoms with van der Waals surface area (Å²) in [5.74, 6) is 1.85. The molecule has 2 aliphatic rings. The molecule has 5 rings (SSSR count). The number of ether oxygens (including phenoxy) is 1. The molecule has 28 heavy (non-hydrogen) atoms. The maximum Gasteiger partial charge on any atom is 0.164 e. The molecule has 1 fully saturated rings. The van der Waals surface area contributed by atoms with Gasteiger partial charge >= 0.3 is 0 Å². The quantitative estimate of drug-likeness (QED) is 0.677. The molecular formula is C21H25N5OS. The van der Waals surface area contributed by atoms with Crippen LogP contribution in [0.4, 0.5) is 5.82 Å². The van der Waals surface area contributed by atoms with Gasteiger partial charge in [0.25, 0.3) is 0 Å². The van der Waals surface area contributed by atoms with Crippen molar-refractivity contribution >= 4 is 27.4 Å². The van der Waals surface area contributed by atoms with Crippen LogP contribution in [0.25, 0.3) is 21.6 Å². The zero-order valence-electron chi connectivity index (χ0n) is 16.4. The van der Waals surface area contributed by atoms with Crippen LogP contribution in [0.2, 0.25) is 0 Å². The van der Waals surface area contributed by atoms with Gasteiger partial charge in [0.15, 0.2) is 5.82 Å². The monoisotopic (exact) mass is 395 g/mol. The molecule has 0 spiro atoms. The predicted octanol–water partition coefficient (Wildman–Crippen LogP) is 3.01. The second-order valence-corrected chi connectivity index (χ2v) is 8.93. The molecule has 7 heteroatoms. The van der Waals surface area contributed by atoms with Crippen molar-refractivity contribution in [2.24, 2.45) is 0 Å². The normalized spacial score (nSPS) is 19.5. The van der Waals surface area contributed by atoms with E-state index in [2.05, 4.69) is 28.9 Å². The van der Waals surface area contributed by atoms with Gasteiger partial charge in [-0.3, -0.25) is 4.98 Å². The molecule has 4 heterocycles. The predicted molar refractivity (Wildman–Crippen MR) is 113 cm³/mol. The van der Waals surface area contributed by atoms with Gasteiger partial charge in [-0.25, -0.2) is 9.97 Å². The van der Waals surface area contributed by atoms with E-state index in [1.54, 1.807) is 6.20 Å². The molecule has 3 aromatic rings. The van der Waals surface area contributed by atoms with Crippen LogP contribution >= 0.6 is 11.3 Å². The largest absolute Gasteiger partial charge is 0.373 e. The minimum atomic E-state index is 0.197. The van der Waals surface area contributed by atoms with Crippen LogP contribution in [-0.2, 0) is 17.6 Å². The number of fused-ring (bicyclic) bond motifs is 3. The summed E-state index contributed by atoms with van der Waals surface area (Å²) in [5.41, 5.74) is 2.45. The van der Waals surface area contributed by atoms with Crippen LogP contribution in [0.3, 0.4) is 0 Å². The maximum absolute atomic E-state index is 6.01. The zero-order chi connectivity index (χ0) is 19.1. The lowest BCUT2D eigenvalue weighted by Gasteiger charge is -2.35. The summed E-state index contributed by atoms with van der Waals surface area (Å²) in [6.45, 7) is 3.38. The van der Waals surface area contributed by atoms with E-state index < -0.39 is 0 Å². The fourth-order valence-corrected chi connectivity index (χ4v) is 5.51. The van der Waals surface area contributed by atoms with Gasteiger partial charge < -0.3 is 14.5 Å². The van der Waals surface area contributed by atoms with E-state index in [0.717, 1.165) is 54.7 Å². The summed E-state index contributed by atoms with van der Waals surface area (Å²) in [5, 5.41) is 1.27. The number of likely N-dealkylation sites (N-methyl/N-ethyl adjacent to an activating group) is 1. The number of anilines is 1. The molecule has 1 saturated heterocycles. The highest BCUT2D eigenvalue weighted by molar-refractivity contribution is 7.19. The lowest BCUT2D eigenvalue weighted by atomic mass is 10.1. The average molecular weight is 396 g/mol. The van der Waals surface area contributed by atoms with Crippen LogP contribution < -0.4 is 4.90 Å². The third kappa shape index (κ3) is 3.27. The van der Waals surface area contributed by atoms with Crippen molar-refractivity contribution < 1.29 is 4.74 Å². The van der Waals surface area contributed by atoms with E-state index in [4.69, 9.17) is 14.7 Å². The van der Waals surface area contributed by atoms with Gasteiger partial charge in [-0.2, -0.15) is 0 Å². The lowest BCUT2D eigenvalue weighted by molar-refractivity contribution is 0.0246. The molecule has 3 aromatic heterocycles. The molecule has 146 valence electrons. The Morgan fingerprint density at radius 3 is 3.04 bits per heavy atom. The third-order valence-corrected chi connectivity index (χ3v) is 6.66. The smallest absolute Gasteiger partial charge is 0.164 e. The Morgan fingerprint density at radius 2 is 2.21 bits per heavy atom. The van der Waals surface area contributed by atoms with Gasteiger partial charge in [0, 0.05) is 42.5 Å². The highest BCUT2D eigenvalue weighted by Crippen LogP contribution is 2.41. The standard InChI is InChI=1S/C21H25N5OS/c1-25(2)12-15-13-26(9-10-27-15)20-18-16-6-3-7-17(16)28-21(18)24-19(23-20)14-5-4-8-22-11-14/h4-5,8,11,15H,3,6-7,9-10,12-13H2,1-2H3. The molecule has 1 aliphatic carbocycles. The molecule has 1 unspecified atom stereocenters. The number of pyridine rings is 1. The van der Waals surface area contributed by atoms with Gasteiger partial charge in [-0.1, -0.05) is 0 Å². The van der Waals surface area contributed by atoms with Gasteiger partial charge in [-0.15, -0.1) is 11.3 Å². The van der Waals surface area contributed by atoms with Crippen LogP contribution in [0.5, 0.6) is 0 Å². The number of aryl methyl sites for hydroxylation is 2. The summed E-state index contributed by atoms with van der Waals surface area (Å²) in [6.07, 6.45) is 7.39. The Hall–Kier alpha value is -2.09. The number of hydrogen-bond acceptors (Lipinski definition) is 7. The fourth-order valence-electron chi connectivity index (χ4n) is 4.26.